The van der Waals surface area contributed by atoms with Crippen LogP contribution in [0.25, 0.3) is 11.2 Å². The first-order valence-corrected chi connectivity index (χ1v) is 10.5. The topological polar surface area (TPSA) is 63.9 Å². The molecule has 2 aromatic heterocycles. The SMILES string of the molecule is CCN(CC)C(n1n[n+]([O-])c2ncccc21)=[N+](CC)CC.F[P-](F)(F)(F)(F)F. The summed E-state index contributed by atoms with van der Waals surface area (Å²) in [4.78, 5) is 6.91. The van der Waals surface area contributed by atoms with E-state index in [1.165, 1.54) is 0 Å². The van der Waals surface area contributed by atoms with Gasteiger partial charge in [0.15, 0.2) is 0 Å². The van der Waals surface area contributed by atoms with Crippen LogP contribution >= 0.6 is 7.81 Å². The van der Waals surface area contributed by atoms with Gasteiger partial charge < -0.3 is 5.21 Å². The zero-order valence-electron chi connectivity index (χ0n) is 15.9. The fourth-order valence-electron chi connectivity index (χ4n) is 2.50. The maximum atomic E-state index is 12.0. The molecule has 0 aromatic carbocycles. The Hall–Kier alpha value is -2.17. The summed E-state index contributed by atoms with van der Waals surface area (Å²) < 4.78 is 63.1. The molecule has 0 radical (unpaired) electrons. The monoisotopic (exact) mass is 436 g/mol. The summed E-state index contributed by atoms with van der Waals surface area (Å²) in [5.74, 6) is 0.928. The number of halogens is 6. The normalized spacial score (nSPS) is 13.9. The molecule has 28 heavy (non-hydrogen) atoms. The zero-order valence-corrected chi connectivity index (χ0v) is 16.8. The van der Waals surface area contributed by atoms with Gasteiger partial charge in [-0.1, -0.05) is 4.68 Å². The van der Waals surface area contributed by atoms with Crippen LogP contribution in [-0.2, 0) is 0 Å². The molecule has 0 atom stereocenters. The average Bonchev–Trinajstić information content (AvgIpc) is 2.89. The van der Waals surface area contributed by atoms with E-state index in [0.29, 0.717) is 10.5 Å². The fraction of sp³-hybridized carbons (Fsp3) is 0.571. The van der Waals surface area contributed by atoms with Crippen molar-refractivity contribution in [1.29, 1.82) is 0 Å². The third kappa shape index (κ3) is 7.45. The molecule has 0 fully saturated rings. The third-order valence-corrected chi connectivity index (χ3v) is 3.63. The molecule has 0 aliphatic rings. The first-order valence-electron chi connectivity index (χ1n) is 8.50. The Balaban J connectivity index is 0.000000480. The second-order valence-corrected chi connectivity index (χ2v) is 7.54. The number of nitrogens with zero attached hydrogens (tertiary/aromatic N) is 6. The molecule has 2 rings (SSSR count). The molecule has 2 heterocycles. The van der Waals surface area contributed by atoms with E-state index in [9.17, 15) is 30.4 Å². The molecule has 2 aromatic rings. The molecule has 0 spiro atoms. The standard InChI is InChI=1S/C14H23N6O.F6P/c1-5-17(6-2)14(18(7-3)8-4)19-12-10-9-11-15-13(12)20(21)16-19;1-7(2,3,4,5)6/h9-11H,5-8H2,1-4H3;/q+1;-1. The Morgan fingerprint density at radius 2 is 1.61 bits per heavy atom. The van der Waals surface area contributed by atoms with Gasteiger partial charge in [0.2, 0.25) is 5.52 Å². The molecule has 0 bridgehead atoms. The first-order chi connectivity index (χ1) is 12.6. The van der Waals surface area contributed by atoms with E-state index in [-0.39, 0.29) is 0 Å². The van der Waals surface area contributed by atoms with Crippen molar-refractivity contribution in [3.63, 3.8) is 0 Å². The van der Waals surface area contributed by atoms with Crippen LogP contribution < -0.4 is 4.85 Å². The summed E-state index contributed by atoms with van der Waals surface area (Å²) >= 11 is 0. The number of pyridine rings is 1. The molecule has 162 valence electrons. The molecule has 0 saturated heterocycles. The molecular formula is C14H23F6N6OP. The van der Waals surface area contributed by atoms with Gasteiger partial charge in [0.1, 0.15) is 6.20 Å². The van der Waals surface area contributed by atoms with Gasteiger partial charge in [-0.15, -0.1) is 9.83 Å². The number of aromatic nitrogens is 4. The zero-order chi connectivity index (χ0) is 21.8. The van der Waals surface area contributed by atoms with E-state index in [1.807, 2.05) is 12.1 Å². The van der Waals surface area contributed by atoms with E-state index < -0.39 is 7.81 Å². The quantitative estimate of drug-likeness (QED) is 0.181. The Labute approximate surface area is 157 Å². The van der Waals surface area contributed by atoms with Crippen molar-refractivity contribution in [2.45, 2.75) is 27.7 Å². The van der Waals surface area contributed by atoms with Crippen molar-refractivity contribution in [2.24, 2.45) is 0 Å². The molecule has 0 unspecified atom stereocenters. The van der Waals surface area contributed by atoms with E-state index in [2.05, 4.69) is 47.4 Å². The number of hydrogen-bond donors (Lipinski definition) is 0. The maximum absolute atomic E-state index is 12.0. The van der Waals surface area contributed by atoms with Gasteiger partial charge in [0.05, 0.1) is 26.2 Å². The van der Waals surface area contributed by atoms with Gasteiger partial charge in [-0.2, -0.15) is 0 Å². The van der Waals surface area contributed by atoms with Gasteiger partial charge in [0, 0.05) is 5.21 Å². The number of rotatable bonds is 4. The molecule has 14 heteroatoms. The van der Waals surface area contributed by atoms with Crippen LogP contribution in [0, 0.1) is 5.21 Å². The van der Waals surface area contributed by atoms with Crippen molar-refractivity contribution < 1.29 is 34.6 Å². The summed E-state index contributed by atoms with van der Waals surface area (Å²) in [5, 5.41) is 16.1. The van der Waals surface area contributed by atoms with Crippen LogP contribution in [0.4, 0.5) is 25.2 Å². The van der Waals surface area contributed by atoms with Crippen LogP contribution in [0.5, 0.6) is 0 Å². The molecule has 0 aliphatic heterocycles. The van der Waals surface area contributed by atoms with Gasteiger partial charge in [-0.25, -0.2) is 0 Å². The van der Waals surface area contributed by atoms with Gasteiger partial charge >= 0.3 is 44.6 Å². The van der Waals surface area contributed by atoms with Crippen molar-refractivity contribution in [3.8, 4) is 0 Å². The molecule has 0 amide bonds. The summed E-state index contributed by atoms with van der Waals surface area (Å²) in [6, 6.07) is 3.69. The Morgan fingerprint density at radius 1 is 1.11 bits per heavy atom. The fourth-order valence-corrected chi connectivity index (χ4v) is 2.50. The number of hydrogen-bond acceptors (Lipinski definition) is 3. The first kappa shape index (κ1) is 23.9. The Kier molecular flexibility index (Phi) is 6.55. The van der Waals surface area contributed by atoms with Crippen LogP contribution in [0.15, 0.2) is 18.3 Å². The van der Waals surface area contributed by atoms with Crippen molar-refractivity contribution in [3.05, 3.63) is 23.5 Å². The van der Waals surface area contributed by atoms with Crippen molar-refractivity contribution in [2.75, 3.05) is 26.2 Å². The Bertz CT molecular complexity index is 830. The van der Waals surface area contributed by atoms with Crippen LogP contribution in [0.1, 0.15) is 27.7 Å². The van der Waals surface area contributed by atoms with Crippen LogP contribution in [0.3, 0.4) is 0 Å². The second-order valence-electron chi connectivity index (χ2n) is 5.62. The van der Waals surface area contributed by atoms with E-state index in [4.69, 9.17) is 0 Å². The van der Waals surface area contributed by atoms with Gasteiger partial charge in [-0.3, -0.25) is 9.48 Å². The summed E-state index contributed by atoms with van der Waals surface area (Å²) in [6.07, 6.45) is 1.61. The van der Waals surface area contributed by atoms with Gasteiger partial charge in [0.25, 0.3) is 0 Å². The minimum atomic E-state index is -10.7. The Morgan fingerprint density at radius 3 is 2.04 bits per heavy atom. The second kappa shape index (κ2) is 7.69. The minimum absolute atomic E-state index is 0.342. The molecule has 0 saturated carbocycles. The van der Waals surface area contributed by atoms with Crippen molar-refractivity contribution >= 4 is 24.9 Å². The average molecular weight is 436 g/mol. The van der Waals surface area contributed by atoms with E-state index in [1.54, 1.807) is 10.9 Å². The van der Waals surface area contributed by atoms with Crippen molar-refractivity contribution in [1.82, 2.24) is 19.8 Å². The predicted octanol–water partition coefficient (Wildman–Crippen LogP) is 4.05. The summed E-state index contributed by atoms with van der Waals surface area (Å²) in [5.41, 5.74) is 1.07. The van der Waals surface area contributed by atoms with Crippen LogP contribution in [-0.4, -0.2) is 56.5 Å². The summed E-state index contributed by atoms with van der Waals surface area (Å²) in [7, 11) is -10.7. The summed E-state index contributed by atoms with van der Waals surface area (Å²) in [6.45, 7) is 11.8. The molecule has 0 aliphatic carbocycles. The third-order valence-electron chi connectivity index (χ3n) is 3.63. The van der Waals surface area contributed by atoms with Crippen LogP contribution in [0.2, 0.25) is 0 Å². The van der Waals surface area contributed by atoms with Gasteiger partial charge in [-0.05, 0) is 39.8 Å². The molecular weight excluding hydrogens is 413 g/mol. The molecule has 0 N–H and O–H groups in total. The molecule has 7 nitrogen and oxygen atoms in total. The predicted molar refractivity (Wildman–Crippen MR) is 94.7 cm³/mol. The van der Waals surface area contributed by atoms with E-state index in [0.717, 1.165) is 37.7 Å². The van der Waals surface area contributed by atoms with E-state index >= 15 is 0 Å². The number of fused-ring (bicyclic) bond motifs is 1.